The zero-order valence-electron chi connectivity index (χ0n) is 15.2. The first kappa shape index (κ1) is 17.7. The van der Waals surface area contributed by atoms with Crippen LogP contribution in [0, 0.1) is 5.92 Å². The minimum atomic E-state index is -0.434. The van der Waals surface area contributed by atoms with Crippen LogP contribution in [0.2, 0.25) is 0 Å². The number of hydrazine groups is 1. The summed E-state index contributed by atoms with van der Waals surface area (Å²) in [6.45, 7) is 4.18. The zero-order valence-corrected chi connectivity index (χ0v) is 16.0. The Balaban J connectivity index is 1.44. The van der Waals surface area contributed by atoms with E-state index in [-0.39, 0.29) is 5.91 Å². The molecule has 1 atom stereocenters. The lowest BCUT2D eigenvalue weighted by molar-refractivity contribution is 0.0848. The fraction of sp³-hybridized carbons (Fsp3) is 0.368. The number of nitrogens with zero attached hydrogens (tertiary/aromatic N) is 2. The summed E-state index contributed by atoms with van der Waals surface area (Å²) in [6, 6.07) is 3.61. The molecule has 1 aliphatic rings. The molecule has 3 aromatic heterocycles. The summed E-state index contributed by atoms with van der Waals surface area (Å²) in [4.78, 5) is 30.8. The van der Waals surface area contributed by atoms with Crippen molar-refractivity contribution in [2.75, 3.05) is 0 Å². The summed E-state index contributed by atoms with van der Waals surface area (Å²) in [6.07, 6.45) is 5.27. The van der Waals surface area contributed by atoms with Crippen LogP contribution in [0.25, 0.3) is 11.1 Å². The van der Waals surface area contributed by atoms with E-state index in [1.165, 1.54) is 28.0 Å². The van der Waals surface area contributed by atoms with Gasteiger partial charge in [0.05, 0.1) is 21.5 Å². The first-order valence-corrected chi connectivity index (χ1v) is 9.83. The van der Waals surface area contributed by atoms with E-state index in [4.69, 9.17) is 4.52 Å². The van der Waals surface area contributed by atoms with Crippen LogP contribution in [-0.2, 0) is 19.3 Å². The van der Waals surface area contributed by atoms with E-state index in [0.29, 0.717) is 33.9 Å². The first-order chi connectivity index (χ1) is 13.0. The summed E-state index contributed by atoms with van der Waals surface area (Å²) in [5.74, 6) is -0.0878. The van der Waals surface area contributed by atoms with Gasteiger partial charge in [0, 0.05) is 11.1 Å². The molecule has 8 heteroatoms. The predicted octanol–water partition coefficient (Wildman–Crippen LogP) is 3.05. The minimum Gasteiger partial charge on any atom is -0.336 e. The molecule has 0 aliphatic heterocycles. The lowest BCUT2D eigenvalue weighted by atomic mass is 9.90. The van der Waals surface area contributed by atoms with Crippen molar-refractivity contribution >= 4 is 34.3 Å². The van der Waals surface area contributed by atoms with Crippen LogP contribution in [-0.4, -0.2) is 22.0 Å². The van der Waals surface area contributed by atoms with Crippen LogP contribution in [0.4, 0.5) is 0 Å². The number of aromatic nitrogens is 2. The highest BCUT2D eigenvalue weighted by Crippen LogP contribution is 2.32. The van der Waals surface area contributed by atoms with Crippen LogP contribution in [0.3, 0.4) is 0 Å². The number of carbonyl (C=O) groups is 2. The Morgan fingerprint density at radius 1 is 1.30 bits per heavy atom. The smallest absolute Gasteiger partial charge is 0.279 e. The maximum atomic E-state index is 12.4. The molecule has 27 heavy (non-hydrogen) atoms. The summed E-state index contributed by atoms with van der Waals surface area (Å²) >= 11 is 1.50. The number of rotatable bonds is 3. The minimum absolute atomic E-state index is 0.302. The number of fused-ring (bicyclic) bond motifs is 2. The van der Waals surface area contributed by atoms with E-state index in [0.717, 1.165) is 25.0 Å². The van der Waals surface area contributed by atoms with Gasteiger partial charge < -0.3 is 4.52 Å². The van der Waals surface area contributed by atoms with Crippen LogP contribution >= 0.6 is 11.3 Å². The summed E-state index contributed by atoms with van der Waals surface area (Å²) in [5, 5.41) is 4.63. The second-order valence-electron chi connectivity index (χ2n) is 6.87. The van der Waals surface area contributed by atoms with Gasteiger partial charge in [-0.25, -0.2) is 4.98 Å². The van der Waals surface area contributed by atoms with E-state index >= 15 is 0 Å². The molecule has 0 spiro atoms. The van der Waals surface area contributed by atoms with Gasteiger partial charge >= 0.3 is 0 Å². The van der Waals surface area contributed by atoms with Gasteiger partial charge in [-0.3, -0.25) is 20.4 Å². The van der Waals surface area contributed by atoms with Crippen LogP contribution in [0.15, 0.2) is 22.9 Å². The van der Waals surface area contributed by atoms with E-state index in [1.807, 2.05) is 13.0 Å². The summed E-state index contributed by atoms with van der Waals surface area (Å²) < 4.78 is 5.12. The third-order valence-electron chi connectivity index (χ3n) is 4.84. The number of thiophene rings is 1. The largest absolute Gasteiger partial charge is 0.336 e. The molecule has 0 bridgehead atoms. The van der Waals surface area contributed by atoms with E-state index < -0.39 is 5.91 Å². The lowest BCUT2D eigenvalue weighted by Gasteiger charge is -2.16. The Morgan fingerprint density at radius 2 is 2.11 bits per heavy atom. The van der Waals surface area contributed by atoms with Gasteiger partial charge in [-0.2, -0.15) is 0 Å². The van der Waals surface area contributed by atoms with Crippen LogP contribution in [0.1, 0.15) is 56.4 Å². The molecule has 0 saturated heterocycles. The van der Waals surface area contributed by atoms with Gasteiger partial charge in [-0.1, -0.05) is 19.0 Å². The fourth-order valence-electron chi connectivity index (χ4n) is 3.32. The Kier molecular flexibility index (Phi) is 4.65. The van der Waals surface area contributed by atoms with Crippen molar-refractivity contribution in [1.82, 2.24) is 21.0 Å². The normalized spacial score (nSPS) is 16.1. The van der Waals surface area contributed by atoms with Gasteiger partial charge in [0.25, 0.3) is 17.5 Å². The van der Waals surface area contributed by atoms with Crippen molar-refractivity contribution in [3.8, 4) is 0 Å². The monoisotopic (exact) mass is 384 g/mol. The lowest BCUT2D eigenvalue weighted by Crippen LogP contribution is -2.41. The van der Waals surface area contributed by atoms with Crippen molar-refractivity contribution in [1.29, 1.82) is 0 Å². The number of aryl methyl sites for hydroxylation is 2. The molecule has 4 rings (SSSR count). The highest BCUT2D eigenvalue weighted by molar-refractivity contribution is 7.14. The molecule has 2 N–H and O–H groups in total. The van der Waals surface area contributed by atoms with Gasteiger partial charge in [-0.15, -0.1) is 11.3 Å². The zero-order chi connectivity index (χ0) is 19.0. The molecule has 3 heterocycles. The number of hydrogen-bond donors (Lipinski definition) is 2. The second kappa shape index (κ2) is 7.11. The second-order valence-corrected chi connectivity index (χ2v) is 8.01. The number of pyridine rings is 1. The molecular weight excluding hydrogens is 364 g/mol. The molecule has 1 aliphatic carbocycles. The molecule has 0 saturated carbocycles. The molecule has 0 unspecified atom stereocenters. The molecule has 7 nitrogen and oxygen atoms in total. The van der Waals surface area contributed by atoms with Crippen molar-refractivity contribution in [3.63, 3.8) is 0 Å². The van der Waals surface area contributed by atoms with Gasteiger partial charge in [-0.05, 0) is 49.3 Å². The quantitative estimate of drug-likeness (QED) is 0.677. The number of hydrogen-bond acceptors (Lipinski definition) is 6. The SMILES string of the molecule is CCc1noc2ncc(C(=O)NNC(=O)c3cc4c(s3)CC[C@H](C)C4)cc12. The van der Waals surface area contributed by atoms with Crippen molar-refractivity contribution in [3.05, 3.63) is 44.9 Å². The molecule has 2 amide bonds. The van der Waals surface area contributed by atoms with Gasteiger partial charge in [0.15, 0.2) is 0 Å². The maximum absolute atomic E-state index is 12.4. The third-order valence-corrected chi connectivity index (χ3v) is 6.08. The van der Waals surface area contributed by atoms with Crippen LogP contribution in [0.5, 0.6) is 0 Å². The third kappa shape index (κ3) is 3.44. The van der Waals surface area contributed by atoms with Crippen LogP contribution < -0.4 is 10.9 Å². The predicted molar refractivity (Wildman–Crippen MR) is 102 cm³/mol. The van der Waals surface area contributed by atoms with E-state index in [9.17, 15) is 9.59 Å². The fourth-order valence-corrected chi connectivity index (χ4v) is 4.43. The number of carbonyl (C=O) groups excluding carboxylic acids is 2. The van der Waals surface area contributed by atoms with E-state index in [2.05, 4.69) is 27.9 Å². The van der Waals surface area contributed by atoms with Gasteiger partial charge in [0.2, 0.25) is 0 Å². The molecular formula is C19H20N4O3S. The highest BCUT2D eigenvalue weighted by Gasteiger charge is 2.21. The standard InChI is InChI=1S/C19H20N4O3S/c1-3-14-13-7-12(9-20-19(13)26-23-14)17(24)21-22-18(25)16-8-11-6-10(2)4-5-15(11)27-16/h7-10H,3-6H2,1-2H3,(H,21,24)(H,22,25)/t10-/m0/s1. The van der Waals surface area contributed by atoms with Crippen molar-refractivity contribution in [2.45, 2.75) is 39.5 Å². The Labute approximate surface area is 160 Å². The first-order valence-electron chi connectivity index (χ1n) is 9.01. The average Bonchev–Trinajstić information content (AvgIpc) is 3.28. The molecule has 0 radical (unpaired) electrons. The average molecular weight is 384 g/mol. The highest BCUT2D eigenvalue weighted by atomic mass is 32.1. The maximum Gasteiger partial charge on any atom is 0.279 e. The Hall–Kier alpha value is -2.74. The Morgan fingerprint density at radius 3 is 2.93 bits per heavy atom. The number of nitrogens with one attached hydrogen (secondary N) is 2. The summed E-state index contributed by atoms with van der Waals surface area (Å²) in [7, 11) is 0. The van der Waals surface area contributed by atoms with Crippen molar-refractivity contribution < 1.29 is 14.1 Å². The molecule has 3 aromatic rings. The molecule has 0 fully saturated rings. The Bertz CT molecular complexity index is 1020. The molecule has 140 valence electrons. The van der Waals surface area contributed by atoms with Gasteiger partial charge in [0.1, 0.15) is 0 Å². The summed E-state index contributed by atoms with van der Waals surface area (Å²) in [5.41, 5.74) is 7.68. The number of amides is 2. The topological polar surface area (TPSA) is 97.1 Å². The van der Waals surface area contributed by atoms with E-state index in [1.54, 1.807) is 6.07 Å². The molecule has 0 aromatic carbocycles. The van der Waals surface area contributed by atoms with Crippen molar-refractivity contribution in [2.24, 2.45) is 5.92 Å².